The van der Waals surface area contributed by atoms with Crippen molar-refractivity contribution in [1.82, 2.24) is 10.5 Å². The van der Waals surface area contributed by atoms with Crippen molar-refractivity contribution >= 4 is 29.1 Å². The highest BCUT2D eigenvalue weighted by atomic mass is 35.5. The number of amides is 2. The van der Waals surface area contributed by atoms with E-state index in [1.54, 1.807) is 49.4 Å². The largest absolute Gasteiger partial charge is 0.360 e. The second-order valence-electron chi connectivity index (χ2n) is 6.80. The number of rotatable bonds is 4. The fraction of sp³-hybridized carbons (Fsp3) is 0.190. The number of carbonyl (C=O) groups is 2. The van der Waals surface area contributed by atoms with Gasteiger partial charge in [0.15, 0.2) is 0 Å². The number of nitrogens with zero attached hydrogens (tertiary/aromatic N) is 2. The van der Waals surface area contributed by atoms with Gasteiger partial charge in [0.05, 0.1) is 11.7 Å². The highest BCUT2D eigenvalue weighted by molar-refractivity contribution is 6.30. The zero-order valence-corrected chi connectivity index (χ0v) is 16.2. The van der Waals surface area contributed by atoms with Crippen LogP contribution in [0.3, 0.4) is 0 Å². The Labute approximate surface area is 171 Å². The number of aryl methyl sites for hydroxylation is 1. The van der Waals surface area contributed by atoms with Crippen LogP contribution < -0.4 is 10.2 Å². The third-order valence-corrected chi connectivity index (χ3v) is 5.06. The van der Waals surface area contributed by atoms with Crippen LogP contribution in [0.15, 0.2) is 53.1 Å². The minimum Gasteiger partial charge on any atom is -0.360 e. The third-order valence-electron chi connectivity index (χ3n) is 4.81. The average Bonchev–Trinajstić information content (AvgIpc) is 3.25. The summed E-state index contributed by atoms with van der Waals surface area (Å²) >= 11 is 5.92. The Bertz CT molecular complexity index is 1080. The van der Waals surface area contributed by atoms with Gasteiger partial charge in [-0.1, -0.05) is 41.0 Å². The molecule has 2 heterocycles. The van der Waals surface area contributed by atoms with Crippen molar-refractivity contribution in [1.29, 1.82) is 0 Å². The molecule has 1 fully saturated rings. The normalized spacial score (nSPS) is 16.3. The van der Waals surface area contributed by atoms with Crippen LogP contribution in [0.5, 0.6) is 0 Å². The van der Waals surface area contributed by atoms with Gasteiger partial charge in [0.25, 0.3) is 5.91 Å². The van der Waals surface area contributed by atoms with E-state index in [-0.39, 0.29) is 24.6 Å². The molecule has 1 atom stereocenters. The van der Waals surface area contributed by atoms with Gasteiger partial charge in [-0.05, 0) is 31.2 Å². The maximum Gasteiger partial charge on any atom is 0.257 e. The Hall–Kier alpha value is -3.19. The maximum atomic E-state index is 14.0. The van der Waals surface area contributed by atoms with E-state index >= 15 is 0 Å². The summed E-state index contributed by atoms with van der Waals surface area (Å²) in [6, 6.07) is 12.5. The molecule has 1 aromatic heterocycles. The second-order valence-corrected chi connectivity index (χ2v) is 7.24. The zero-order valence-electron chi connectivity index (χ0n) is 15.5. The van der Waals surface area contributed by atoms with E-state index in [1.807, 2.05) is 0 Å². The Morgan fingerprint density at radius 2 is 1.97 bits per heavy atom. The van der Waals surface area contributed by atoms with Gasteiger partial charge in [0.2, 0.25) is 5.91 Å². The van der Waals surface area contributed by atoms with Crippen LogP contribution in [-0.2, 0) is 4.79 Å². The lowest BCUT2D eigenvalue weighted by molar-refractivity contribution is -0.117. The first-order chi connectivity index (χ1) is 13.9. The lowest BCUT2D eigenvalue weighted by Crippen LogP contribution is -2.37. The molecule has 2 aromatic carbocycles. The van der Waals surface area contributed by atoms with Gasteiger partial charge in [-0.3, -0.25) is 9.59 Å². The summed E-state index contributed by atoms with van der Waals surface area (Å²) in [5.74, 6) is -0.766. The van der Waals surface area contributed by atoms with E-state index in [2.05, 4.69) is 10.5 Å². The van der Waals surface area contributed by atoms with Crippen LogP contribution in [0.25, 0.3) is 11.3 Å². The minimum atomic E-state index is -0.479. The molecule has 0 radical (unpaired) electrons. The first-order valence-electron chi connectivity index (χ1n) is 9.02. The molecule has 0 saturated carbocycles. The summed E-state index contributed by atoms with van der Waals surface area (Å²) < 4.78 is 19.3. The molecule has 0 spiro atoms. The second kappa shape index (κ2) is 7.67. The molecule has 148 valence electrons. The number of para-hydroxylation sites is 1. The van der Waals surface area contributed by atoms with Gasteiger partial charge in [-0.15, -0.1) is 0 Å². The van der Waals surface area contributed by atoms with Gasteiger partial charge in [0.1, 0.15) is 22.8 Å². The highest BCUT2D eigenvalue weighted by Crippen LogP contribution is 2.28. The molecular formula is C21H17ClFN3O3. The van der Waals surface area contributed by atoms with E-state index in [0.29, 0.717) is 27.6 Å². The average molecular weight is 414 g/mol. The number of hydrogen-bond donors (Lipinski definition) is 1. The fourth-order valence-corrected chi connectivity index (χ4v) is 3.54. The lowest BCUT2D eigenvalue weighted by Gasteiger charge is -2.17. The Morgan fingerprint density at radius 3 is 2.69 bits per heavy atom. The molecule has 0 unspecified atom stereocenters. The van der Waals surface area contributed by atoms with Crippen molar-refractivity contribution in [2.75, 3.05) is 11.4 Å². The number of nitrogens with one attached hydrogen (secondary N) is 1. The summed E-state index contributed by atoms with van der Waals surface area (Å²) in [5.41, 5.74) is 1.58. The van der Waals surface area contributed by atoms with Crippen LogP contribution in [0.2, 0.25) is 5.02 Å². The predicted molar refractivity (Wildman–Crippen MR) is 106 cm³/mol. The minimum absolute atomic E-state index is 0.0840. The predicted octanol–water partition coefficient (Wildman–Crippen LogP) is 3.98. The SMILES string of the molecule is Cc1onc(-c2ccc(Cl)cc2)c1C(=O)N[C@H]1CC(=O)N(c2ccccc2F)C1. The van der Waals surface area contributed by atoms with Crippen LogP contribution in [0, 0.1) is 12.7 Å². The van der Waals surface area contributed by atoms with Crippen molar-refractivity contribution in [3.8, 4) is 11.3 Å². The van der Waals surface area contributed by atoms with E-state index in [9.17, 15) is 14.0 Å². The van der Waals surface area contributed by atoms with E-state index in [1.165, 1.54) is 11.0 Å². The van der Waals surface area contributed by atoms with E-state index < -0.39 is 17.8 Å². The molecule has 6 nitrogen and oxygen atoms in total. The molecule has 1 aliphatic rings. The summed E-state index contributed by atoms with van der Waals surface area (Å²) in [4.78, 5) is 26.6. The van der Waals surface area contributed by atoms with Crippen LogP contribution in [0.4, 0.5) is 10.1 Å². The number of benzene rings is 2. The van der Waals surface area contributed by atoms with Crippen LogP contribution in [0.1, 0.15) is 22.5 Å². The molecule has 8 heteroatoms. The van der Waals surface area contributed by atoms with Crippen molar-refractivity contribution in [3.63, 3.8) is 0 Å². The monoisotopic (exact) mass is 413 g/mol. The molecule has 1 saturated heterocycles. The first kappa shape index (κ1) is 19.1. The molecular weight excluding hydrogens is 397 g/mol. The maximum absolute atomic E-state index is 14.0. The molecule has 4 rings (SSSR count). The standard InChI is InChI=1S/C21H17ClFN3O3/c1-12-19(20(25-29-12)13-6-8-14(22)9-7-13)21(28)24-15-10-18(27)26(11-15)17-5-3-2-4-16(17)23/h2-9,15H,10-11H2,1H3,(H,24,28)/t15-/m0/s1. The Kier molecular flexibility index (Phi) is 5.07. The van der Waals surface area contributed by atoms with Crippen molar-refractivity contribution in [3.05, 3.63) is 70.7 Å². The number of aromatic nitrogens is 1. The summed E-state index contributed by atoms with van der Waals surface area (Å²) in [6.45, 7) is 1.83. The van der Waals surface area contributed by atoms with Crippen molar-refractivity contribution in [2.45, 2.75) is 19.4 Å². The van der Waals surface area contributed by atoms with Crippen LogP contribution >= 0.6 is 11.6 Å². The Morgan fingerprint density at radius 1 is 1.24 bits per heavy atom. The molecule has 1 aliphatic heterocycles. The first-order valence-corrected chi connectivity index (χ1v) is 9.40. The van der Waals surface area contributed by atoms with E-state index in [0.717, 1.165) is 0 Å². The van der Waals surface area contributed by atoms with Gasteiger partial charge in [0, 0.05) is 23.6 Å². The molecule has 2 amide bonds. The smallest absolute Gasteiger partial charge is 0.257 e. The molecule has 29 heavy (non-hydrogen) atoms. The number of halogens is 2. The molecule has 0 bridgehead atoms. The fourth-order valence-electron chi connectivity index (χ4n) is 3.41. The Balaban J connectivity index is 1.54. The lowest BCUT2D eigenvalue weighted by atomic mass is 10.1. The van der Waals surface area contributed by atoms with Gasteiger partial charge >= 0.3 is 0 Å². The summed E-state index contributed by atoms with van der Waals surface area (Å²) in [5, 5.41) is 7.41. The molecule has 0 aliphatic carbocycles. The van der Waals surface area contributed by atoms with Crippen molar-refractivity contribution in [2.24, 2.45) is 0 Å². The highest BCUT2D eigenvalue weighted by Gasteiger charge is 2.34. The topological polar surface area (TPSA) is 75.4 Å². The number of anilines is 1. The van der Waals surface area contributed by atoms with Gasteiger partial charge in [-0.25, -0.2) is 4.39 Å². The molecule has 1 N–H and O–H groups in total. The quantitative estimate of drug-likeness (QED) is 0.702. The summed E-state index contributed by atoms with van der Waals surface area (Å²) in [7, 11) is 0. The van der Waals surface area contributed by atoms with Crippen molar-refractivity contribution < 1.29 is 18.5 Å². The molecule has 3 aromatic rings. The van der Waals surface area contributed by atoms with Gasteiger partial charge < -0.3 is 14.7 Å². The zero-order chi connectivity index (χ0) is 20.5. The number of carbonyl (C=O) groups excluding carboxylic acids is 2. The van der Waals surface area contributed by atoms with E-state index in [4.69, 9.17) is 16.1 Å². The number of hydrogen-bond acceptors (Lipinski definition) is 4. The third kappa shape index (κ3) is 3.73. The summed E-state index contributed by atoms with van der Waals surface area (Å²) in [6.07, 6.45) is 0.0840. The van der Waals surface area contributed by atoms with Crippen LogP contribution in [-0.4, -0.2) is 29.6 Å². The van der Waals surface area contributed by atoms with Gasteiger partial charge in [-0.2, -0.15) is 0 Å².